The van der Waals surface area contributed by atoms with E-state index in [-0.39, 0.29) is 66.9 Å². The molecule has 194 valence electrons. The van der Waals surface area contributed by atoms with Crippen LogP contribution in [0.4, 0.5) is 23.7 Å². The molecule has 4 rings (SSSR count). The zero-order chi connectivity index (χ0) is 26.7. The van der Waals surface area contributed by atoms with Crippen LogP contribution in [0.25, 0.3) is 22.8 Å². The molecule has 0 unspecified atom stereocenters. The molecule has 0 atom stereocenters. The van der Waals surface area contributed by atoms with E-state index in [0.29, 0.717) is 0 Å². The Kier molecular flexibility index (Phi) is 7.14. The number of nitrogens with zero attached hydrogens (tertiary/aromatic N) is 4. The standard InChI is InChI=1S/C24H21F3N4O6/c1-2-36-23(33)30-13-11-29(12-14-30)22(32)19-20(17-5-3-4-6-18(17)31(34)35)37-21(28-19)15-7-9-16(10-8-15)24(25,26)27/h3-10H,2,11-14H2,1H3. The lowest BCUT2D eigenvalue weighted by atomic mass is 10.1. The molecule has 13 heteroatoms. The Morgan fingerprint density at radius 1 is 1.05 bits per heavy atom. The number of para-hydroxylation sites is 1. The minimum Gasteiger partial charge on any atom is -0.450 e. The zero-order valence-corrected chi connectivity index (χ0v) is 19.5. The number of benzene rings is 2. The highest BCUT2D eigenvalue weighted by Gasteiger charge is 2.33. The highest BCUT2D eigenvalue weighted by Crippen LogP contribution is 2.37. The van der Waals surface area contributed by atoms with E-state index in [1.807, 2.05) is 0 Å². The maximum Gasteiger partial charge on any atom is 0.416 e. The van der Waals surface area contributed by atoms with Gasteiger partial charge in [0.2, 0.25) is 5.89 Å². The van der Waals surface area contributed by atoms with Gasteiger partial charge in [-0.3, -0.25) is 14.9 Å². The molecule has 3 aromatic rings. The van der Waals surface area contributed by atoms with E-state index in [2.05, 4.69) is 4.98 Å². The van der Waals surface area contributed by atoms with Gasteiger partial charge < -0.3 is 19.0 Å². The Bertz CT molecular complexity index is 1310. The molecule has 37 heavy (non-hydrogen) atoms. The molecule has 2 aromatic carbocycles. The molecule has 1 aromatic heterocycles. The summed E-state index contributed by atoms with van der Waals surface area (Å²) in [5.74, 6) is -0.950. The number of piperazine rings is 1. The molecule has 2 amide bonds. The van der Waals surface area contributed by atoms with Gasteiger partial charge in [0.25, 0.3) is 11.6 Å². The van der Waals surface area contributed by atoms with E-state index in [1.54, 1.807) is 6.92 Å². The first-order valence-corrected chi connectivity index (χ1v) is 11.2. The number of hydrogen-bond donors (Lipinski definition) is 0. The predicted octanol–water partition coefficient (Wildman–Crippen LogP) is 4.85. The maximum absolute atomic E-state index is 13.5. The van der Waals surface area contributed by atoms with Gasteiger partial charge in [-0.1, -0.05) is 12.1 Å². The van der Waals surface area contributed by atoms with Gasteiger partial charge in [0, 0.05) is 37.8 Å². The number of oxazole rings is 1. The summed E-state index contributed by atoms with van der Waals surface area (Å²) in [6.45, 7) is 2.60. The lowest BCUT2D eigenvalue weighted by molar-refractivity contribution is -0.384. The summed E-state index contributed by atoms with van der Waals surface area (Å²) in [5.41, 5.74) is -1.30. The number of aromatic nitrogens is 1. The van der Waals surface area contributed by atoms with Crippen molar-refractivity contribution in [3.63, 3.8) is 0 Å². The molecule has 0 spiro atoms. The molecule has 2 heterocycles. The third-order valence-corrected chi connectivity index (χ3v) is 5.73. The van der Waals surface area contributed by atoms with Crippen LogP contribution < -0.4 is 0 Å². The number of carbonyl (C=O) groups excluding carboxylic acids is 2. The summed E-state index contributed by atoms with van der Waals surface area (Å²) in [4.78, 5) is 43.5. The van der Waals surface area contributed by atoms with Crippen molar-refractivity contribution in [3.05, 3.63) is 69.9 Å². The molecule has 1 fully saturated rings. The number of halogens is 3. The fourth-order valence-corrected chi connectivity index (χ4v) is 3.85. The fourth-order valence-electron chi connectivity index (χ4n) is 3.85. The zero-order valence-electron chi connectivity index (χ0n) is 19.5. The van der Waals surface area contributed by atoms with Crippen LogP contribution in [0.5, 0.6) is 0 Å². The van der Waals surface area contributed by atoms with Crippen molar-refractivity contribution in [1.82, 2.24) is 14.8 Å². The first-order chi connectivity index (χ1) is 17.6. The van der Waals surface area contributed by atoms with Gasteiger partial charge >= 0.3 is 12.3 Å². The SMILES string of the molecule is CCOC(=O)N1CCN(C(=O)c2nc(-c3ccc(C(F)(F)F)cc3)oc2-c2ccccc2[N+](=O)[O-])CC1. The number of carbonyl (C=O) groups is 2. The van der Waals surface area contributed by atoms with E-state index in [1.165, 1.54) is 34.1 Å². The van der Waals surface area contributed by atoms with Crippen LogP contribution in [0.1, 0.15) is 23.0 Å². The Hall–Kier alpha value is -4.42. The second-order valence-electron chi connectivity index (χ2n) is 8.02. The first kappa shape index (κ1) is 25.7. The summed E-state index contributed by atoms with van der Waals surface area (Å²) in [7, 11) is 0. The van der Waals surface area contributed by atoms with Gasteiger partial charge in [0.05, 0.1) is 22.7 Å². The van der Waals surface area contributed by atoms with E-state index >= 15 is 0 Å². The molecule has 0 saturated carbocycles. The van der Waals surface area contributed by atoms with Crippen LogP contribution >= 0.6 is 0 Å². The third-order valence-electron chi connectivity index (χ3n) is 5.73. The normalized spacial score (nSPS) is 13.9. The fraction of sp³-hybridized carbons (Fsp3) is 0.292. The number of ether oxygens (including phenoxy) is 1. The van der Waals surface area contributed by atoms with Crippen LogP contribution in [-0.2, 0) is 10.9 Å². The lowest BCUT2D eigenvalue weighted by Crippen LogP contribution is -2.50. The van der Waals surface area contributed by atoms with Gasteiger partial charge in [0.15, 0.2) is 11.5 Å². The molecule has 0 aliphatic carbocycles. The molecule has 10 nitrogen and oxygen atoms in total. The van der Waals surface area contributed by atoms with Gasteiger partial charge in [0.1, 0.15) is 0 Å². The number of nitro groups is 1. The van der Waals surface area contributed by atoms with Crippen LogP contribution in [0, 0.1) is 10.1 Å². The molecule has 1 saturated heterocycles. The quantitative estimate of drug-likeness (QED) is 0.350. The summed E-state index contributed by atoms with van der Waals surface area (Å²) in [6.07, 6.45) is -5.04. The third kappa shape index (κ3) is 5.39. The Morgan fingerprint density at radius 3 is 2.27 bits per heavy atom. The largest absolute Gasteiger partial charge is 0.450 e. The number of nitro benzene ring substituents is 1. The molecular formula is C24H21F3N4O6. The average Bonchev–Trinajstić information content (AvgIpc) is 3.33. The van der Waals surface area contributed by atoms with Crippen molar-refractivity contribution >= 4 is 17.7 Å². The highest BCUT2D eigenvalue weighted by molar-refractivity contribution is 5.99. The number of hydrogen-bond acceptors (Lipinski definition) is 7. The number of amides is 2. The van der Waals surface area contributed by atoms with E-state index in [4.69, 9.17) is 9.15 Å². The van der Waals surface area contributed by atoms with Gasteiger partial charge in [-0.25, -0.2) is 9.78 Å². The second kappa shape index (κ2) is 10.3. The van der Waals surface area contributed by atoms with Crippen molar-refractivity contribution in [1.29, 1.82) is 0 Å². The summed E-state index contributed by atoms with van der Waals surface area (Å²) >= 11 is 0. The Balaban J connectivity index is 1.71. The van der Waals surface area contributed by atoms with Crippen molar-refractivity contribution in [3.8, 4) is 22.8 Å². The highest BCUT2D eigenvalue weighted by atomic mass is 19.4. The number of rotatable bonds is 5. The van der Waals surface area contributed by atoms with Crippen LogP contribution in [0.15, 0.2) is 52.9 Å². The molecule has 1 aliphatic rings. The first-order valence-electron chi connectivity index (χ1n) is 11.2. The Labute approximate surface area is 208 Å². The van der Waals surface area contributed by atoms with Crippen molar-refractivity contribution in [2.75, 3.05) is 32.8 Å². The summed E-state index contributed by atoms with van der Waals surface area (Å²) in [6, 6.07) is 9.58. The molecule has 0 radical (unpaired) electrons. The van der Waals surface area contributed by atoms with Gasteiger partial charge in [-0.05, 0) is 37.3 Å². The summed E-state index contributed by atoms with van der Waals surface area (Å²) < 4.78 is 49.7. The van der Waals surface area contributed by atoms with E-state index < -0.39 is 28.7 Å². The Morgan fingerprint density at radius 2 is 1.68 bits per heavy atom. The van der Waals surface area contributed by atoms with Crippen molar-refractivity contribution in [2.45, 2.75) is 13.1 Å². The number of alkyl halides is 3. The van der Waals surface area contributed by atoms with Crippen LogP contribution in [0.3, 0.4) is 0 Å². The smallest absolute Gasteiger partial charge is 0.416 e. The van der Waals surface area contributed by atoms with Crippen molar-refractivity contribution in [2.24, 2.45) is 0 Å². The molecule has 0 N–H and O–H groups in total. The van der Waals surface area contributed by atoms with Crippen molar-refractivity contribution < 1.29 is 36.8 Å². The monoisotopic (exact) mass is 518 g/mol. The lowest BCUT2D eigenvalue weighted by Gasteiger charge is -2.33. The second-order valence-corrected chi connectivity index (χ2v) is 8.02. The van der Waals surface area contributed by atoms with E-state index in [0.717, 1.165) is 24.3 Å². The van der Waals surface area contributed by atoms with E-state index in [9.17, 15) is 32.9 Å². The van der Waals surface area contributed by atoms with Crippen LogP contribution in [-0.4, -0.2) is 64.5 Å². The molecule has 1 aliphatic heterocycles. The average molecular weight is 518 g/mol. The minimum absolute atomic E-state index is 0.00771. The van der Waals surface area contributed by atoms with Gasteiger partial charge in [-0.15, -0.1) is 0 Å². The minimum atomic E-state index is -4.54. The topological polar surface area (TPSA) is 119 Å². The maximum atomic E-state index is 13.5. The van der Waals surface area contributed by atoms with Gasteiger partial charge in [-0.2, -0.15) is 13.2 Å². The molecular weight excluding hydrogens is 497 g/mol. The molecule has 0 bridgehead atoms. The van der Waals surface area contributed by atoms with Crippen LogP contribution in [0.2, 0.25) is 0 Å². The summed E-state index contributed by atoms with van der Waals surface area (Å²) in [5, 5.41) is 11.6. The predicted molar refractivity (Wildman–Crippen MR) is 124 cm³/mol.